The van der Waals surface area contributed by atoms with Crippen LogP contribution in [-0.4, -0.2) is 36.0 Å². The molecule has 1 aliphatic rings. The van der Waals surface area contributed by atoms with E-state index in [1.807, 2.05) is 43.4 Å². The maximum Gasteiger partial charge on any atom is 0.272 e. The molecule has 0 aliphatic carbocycles. The van der Waals surface area contributed by atoms with Crippen molar-refractivity contribution in [3.05, 3.63) is 77.6 Å². The number of benzene rings is 2. The van der Waals surface area contributed by atoms with Gasteiger partial charge in [-0.15, -0.1) is 0 Å². The van der Waals surface area contributed by atoms with Gasteiger partial charge in [-0.1, -0.05) is 48.5 Å². The fourth-order valence-electron chi connectivity index (χ4n) is 3.43. The largest absolute Gasteiger partial charge is 0.371 e. The Morgan fingerprint density at radius 2 is 1.96 bits per heavy atom. The molecule has 2 heterocycles. The van der Waals surface area contributed by atoms with Gasteiger partial charge in [0.1, 0.15) is 11.8 Å². The number of ether oxygens (including phenoxy) is 1. The summed E-state index contributed by atoms with van der Waals surface area (Å²) in [4.78, 5) is 19.0. The van der Waals surface area contributed by atoms with Gasteiger partial charge in [0.2, 0.25) is 0 Å². The number of amides is 1. The normalized spacial score (nSPS) is 16.4. The minimum absolute atomic E-state index is 0.0801. The van der Waals surface area contributed by atoms with Crippen molar-refractivity contribution in [3.63, 3.8) is 0 Å². The van der Waals surface area contributed by atoms with E-state index in [2.05, 4.69) is 23.2 Å². The van der Waals surface area contributed by atoms with Crippen LogP contribution in [0.4, 0.5) is 0 Å². The van der Waals surface area contributed by atoms with Crippen molar-refractivity contribution in [2.75, 3.05) is 20.2 Å². The SMILES string of the molecule is CN(C[C@@H]1OCCc2ccccc21)C(=O)c1nccc2ccccc12. The lowest BCUT2D eigenvalue weighted by molar-refractivity contribution is 0.0199. The zero-order valence-electron chi connectivity index (χ0n) is 14.2. The van der Waals surface area contributed by atoms with Crippen LogP contribution in [0.5, 0.6) is 0 Å². The predicted molar refractivity (Wildman–Crippen MR) is 97.5 cm³/mol. The number of rotatable bonds is 3. The first-order valence-electron chi connectivity index (χ1n) is 8.52. The molecule has 0 radical (unpaired) electrons. The van der Waals surface area contributed by atoms with Crippen LogP contribution in [0.15, 0.2) is 60.8 Å². The molecule has 1 amide bonds. The first-order valence-corrected chi connectivity index (χ1v) is 8.52. The molecule has 2 aromatic carbocycles. The van der Waals surface area contributed by atoms with E-state index in [0.717, 1.165) is 17.2 Å². The molecule has 0 fully saturated rings. The molecule has 0 unspecified atom stereocenters. The van der Waals surface area contributed by atoms with Crippen LogP contribution in [0.1, 0.15) is 27.7 Å². The second-order valence-electron chi connectivity index (χ2n) is 6.37. The van der Waals surface area contributed by atoms with Gasteiger partial charge in [0.15, 0.2) is 0 Å². The second-order valence-corrected chi connectivity index (χ2v) is 6.37. The molecule has 4 rings (SSSR count). The lowest BCUT2D eigenvalue weighted by Gasteiger charge is -2.29. The molecule has 1 aromatic heterocycles. The number of likely N-dealkylation sites (N-methyl/N-ethyl adjacent to an activating group) is 1. The molecule has 0 bridgehead atoms. The Hall–Kier alpha value is -2.72. The van der Waals surface area contributed by atoms with Gasteiger partial charge in [-0.3, -0.25) is 9.78 Å². The molecule has 4 heteroatoms. The number of aromatic nitrogens is 1. The van der Waals surface area contributed by atoms with Gasteiger partial charge >= 0.3 is 0 Å². The Kier molecular flexibility index (Phi) is 4.20. The van der Waals surface area contributed by atoms with E-state index in [1.165, 1.54) is 11.1 Å². The van der Waals surface area contributed by atoms with E-state index in [-0.39, 0.29) is 12.0 Å². The fraction of sp³-hybridized carbons (Fsp3) is 0.238. The number of carbonyl (C=O) groups excluding carboxylic acids is 1. The molecule has 126 valence electrons. The summed E-state index contributed by atoms with van der Waals surface area (Å²) in [5.74, 6) is -0.0801. The standard InChI is InChI=1S/C21H20N2O2/c1-23(14-19-17-8-4-2-7-16(17)11-13-25-19)21(24)20-18-9-5-3-6-15(18)10-12-22-20/h2-10,12,19H,11,13-14H2,1H3/t19-/m0/s1. The van der Waals surface area contributed by atoms with Crippen LogP contribution >= 0.6 is 0 Å². The summed E-state index contributed by atoms with van der Waals surface area (Å²) in [6, 6.07) is 18.1. The maximum absolute atomic E-state index is 13.0. The highest BCUT2D eigenvalue weighted by atomic mass is 16.5. The average Bonchev–Trinajstić information content (AvgIpc) is 2.67. The Morgan fingerprint density at radius 1 is 1.16 bits per heavy atom. The van der Waals surface area contributed by atoms with Gasteiger partial charge < -0.3 is 9.64 Å². The highest BCUT2D eigenvalue weighted by Crippen LogP contribution is 2.28. The van der Waals surface area contributed by atoms with Crippen molar-refractivity contribution < 1.29 is 9.53 Å². The molecule has 25 heavy (non-hydrogen) atoms. The van der Waals surface area contributed by atoms with Crippen LogP contribution in [0.2, 0.25) is 0 Å². The van der Waals surface area contributed by atoms with E-state index in [1.54, 1.807) is 11.1 Å². The van der Waals surface area contributed by atoms with Crippen molar-refractivity contribution in [1.82, 2.24) is 9.88 Å². The Labute approximate surface area is 147 Å². The van der Waals surface area contributed by atoms with Crippen LogP contribution in [0.25, 0.3) is 10.8 Å². The fourth-order valence-corrected chi connectivity index (χ4v) is 3.43. The lowest BCUT2D eigenvalue weighted by Crippen LogP contribution is -2.34. The molecular weight excluding hydrogens is 312 g/mol. The third-order valence-electron chi connectivity index (χ3n) is 4.76. The zero-order chi connectivity index (χ0) is 17.2. The number of fused-ring (bicyclic) bond motifs is 2. The van der Waals surface area contributed by atoms with E-state index in [9.17, 15) is 4.79 Å². The Balaban J connectivity index is 1.59. The van der Waals surface area contributed by atoms with Gasteiger partial charge in [-0.2, -0.15) is 0 Å². The third kappa shape index (κ3) is 3.01. The molecular formula is C21H20N2O2. The number of nitrogens with zero attached hydrogens (tertiary/aromatic N) is 2. The van der Waals surface area contributed by atoms with Crippen molar-refractivity contribution in [2.45, 2.75) is 12.5 Å². The van der Waals surface area contributed by atoms with E-state index in [4.69, 9.17) is 4.74 Å². The quantitative estimate of drug-likeness (QED) is 0.736. The van der Waals surface area contributed by atoms with Crippen LogP contribution in [-0.2, 0) is 11.2 Å². The molecule has 1 atom stereocenters. The van der Waals surface area contributed by atoms with Crippen LogP contribution in [0, 0.1) is 0 Å². The smallest absolute Gasteiger partial charge is 0.272 e. The number of carbonyl (C=O) groups is 1. The molecule has 1 aliphatic heterocycles. The summed E-state index contributed by atoms with van der Waals surface area (Å²) >= 11 is 0. The van der Waals surface area contributed by atoms with Crippen molar-refractivity contribution in [2.24, 2.45) is 0 Å². The summed E-state index contributed by atoms with van der Waals surface area (Å²) < 4.78 is 5.93. The Morgan fingerprint density at radius 3 is 2.88 bits per heavy atom. The third-order valence-corrected chi connectivity index (χ3v) is 4.76. The van der Waals surface area contributed by atoms with E-state index >= 15 is 0 Å². The second kappa shape index (κ2) is 6.65. The summed E-state index contributed by atoms with van der Waals surface area (Å²) in [5, 5.41) is 1.90. The molecule has 3 aromatic rings. The number of hydrogen-bond acceptors (Lipinski definition) is 3. The lowest BCUT2D eigenvalue weighted by atomic mass is 9.97. The molecule has 0 saturated carbocycles. The van der Waals surface area contributed by atoms with E-state index in [0.29, 0.717) is 18.8 Å². The monoisotopic (exact) mass is 332 g/mol. The van der Waals surface area contributed by atoms with Crippen molar-refractivity contribution >= 4 is 16.7 Å². The molecule has 0 spiro atoms. The van der Waals surface area contributed by atoms with Crippen LogP contribution in [0.3, 0.4) is 0 Å². The van der Waals surface area contributed by atoms with Crippen molar-refractivity contribution in [3.8, 4) is 0 Å². The molecule has 4 nitrogen and oxygen atoms in total. The minimum atomic E-state index is -0.0890. The highest BCUT2D eigenvalue weighted by Gasteiger charge is 2.25. The maximum atomic E-state index is 13.0. The predicted octanol–water partition coefficient (Wildman–Crippen LogP) is 3.62. The first kappa shape index (κ1) is 15.8. The Bertz CT molecular complexity index is 917. The zero-order valence-corrected chi connectivity index (χ0v) is 14.2. The summed E-state index contributed by atoms with van der Waals surface area (Å²) in [6.45, 7) is 1.21. The van der Waals surface area contributed by atoms with Gasteiger partial charge in [-0.05, 0) is 29.0 Å². The van der Waals surface area contributed by atoms with E-state index < -0.39 is 0 Å². The number of hydrogen-bond donors (Lipinski definition) is 0. The molecule has 0 saturated heterocycles. The number of pyridine rings is 1. The van der Waals surface area contributed by atoms with Gasteiger partial charge in [-0.25, -0.2) is 0 Å². The summed E-state index contributed by atoms with van der Waals surface area (Å²) in [6.07, 6.45) is 2.53. The van der Waals surface area contributed by atoms with Gasteiger partial charge in [0, 0.05) is 18.6 Å². The van der Waals surface area contributed by atoms with Gasteiger partial charge in [0.25, 0.3) is 5.91 Å². The van der Waals surface area contributed by atoms with Crippen molar-refractivity contribution in [1.29, 1.82) is 0 Å². The topological polar surface area (TPSA) is 42.4 Å². The summed E-state index contributed by atoms with van der Waals surface area (Å²) in [7, 11) is 1.81. The van der Waals surface area contributed by atoms with Gasteiger partial charge in [0.05, 0.1) is 13.2 Å². The first-order chi connectivity index (χ1) is 12.2. The summed E-state index contributed by atoms with van der Waals surface area (Å²) in [5.41, 5.74) is 2.98. The minimum Gasteiger partial charge on any atom is -0.371 e. The van der Waals surface area contributed by atoms with Crippen LogP contribution < -0.4 is 0 Å². The highest BCUT2D eigenvalue weighted by molar-refractivity contribution is 6.05. The molecule has 0 N–H and O–H groups in total. The average molecular weight is 332 g/mol.